The Morgan fingerprint density at radius 2 is 1.70 bits per heavy atom. The minimum atomic E-state index is -2.84. The van der Waals surface area contributed by atoms with Crippen LogP contribution in [-0.2, 0) is 9.47 Å². The van der Waals surface area contributed by atoms with Crippen molar-refractivity contribution < 1.29 is 27.8 Å². The van der Waals surface area contributed by atoms with Crippen molar-refractivity contribution in [1.82, 2.24) is 34.2 Å². The van der Waals surface area contributed by atoms with E-state index in [1.165, 1.54) is 36.4 Å². The summed E-state index contributed by atoms with van der Waals surface area (Å²) in [4.78, 5) is 37.4. The van der Waals surface area contributed by atoms with Crippen molar-refractivity contribution in [2.45, 2.75) is 115 Å². The zero-order valence-corrected chi connectivity index (χ0v) is 31.2. The molecule has 2 amide bonds. The molecule has 0 radical (unpaired) electrons. The summed E-state index contributed by atoms with van der Waals surface area (Å²) in [6, 6.07) is 1.85. The highest BCUT2D eigenvalue weighted by atomic mass is 19.3. The fourth-order valence-corrected chi connectivity index (χ4v) is 9.23. The van der Waals surface area contributed by atoms with E-state index in [4.69, 9.17) is 14.5 Å². The molecule has 53 heavy (non-hydrogen) atoms. The molecule has 2 atom stereocenters. The molecule has 1 spiro atoms. The molecule has 5 aliphatic rings. The lowest BCUT2D eigenvalue weighted by atomic mass is 9.65. The van der Waals surface area contributed by atoms with Gasteiger partial charge in [0.25, 0.3) is 12.3 Å². The highest BCUT2D eigenvalue weighted by Gasteiger charge is 2.40. The number of carbonyl (C=O) groups excluding carboxylic acids is 2. The second-order valence-corrected chi connectivity index (χ2v) is 17.1. The Balaban J connectivity index is 0.839. The van der Waals surface area contributed by atoms with Crippen LogP contribution < -0.4 is 10.2 Å². The number of halogens is 2. The van der Waals surface area contributed by atoms with Crippen LogP contribution in [0.2, 0.25) is 0 Å². The van der Waals surface area contributed by atoms with Crippen molar-refractivity contribution in [2.24, 2.45) is 11.3 Å². The molecular weight excluding hydrogens is 684 g/mol. The van der Waals surface area contributed by atoms with Crippen molar-refractivity contribution in [2.75, 3.05) is 56.0 Å². The summed E-state index contributed by atoms with van der Waals surface area (Å²) in [7, 11) is 0. The summed E-state index contributed by atoms with van der Waals surface area (Å²) in [5, 5.41) is 11.3. The molecule has 2 unspecified atom stereocenters. The smallest absolute Gasteiger partial charge is 0.410 e. The van der Waals surface area contributed by atoms with Crippen LogP contribution >= 0.6 is 0 Å². The van der Waals surface area contributed by atoms with E-state index in [2.05, 4.69) is 25.3 Å². The minimum Gasteiger partial charge on any atom is -0.444 e. The first-order valence-electron chi connectivity index (χ1n) is 19.5. The van der Waals surface area contributed by atoms with Crippen LogP contribution in [-0.4, -0.2) is 110 Å². The van der Waals surface area contributed by atoms with E-state index in [0.717, 1.165) is 90.2 Å². The van der Waals surface area contributed by atoms with Gasteiger partial charge in [0.15, 0.2) is 11.3 Å². The van der Waals surface area contributed by atoms with Crippen LogP contribution in [0.3, 0.4) is 0 Å². The number of likely N-dealkylation sites (tertiary alicyclic amines) is 2. The SMILES string of the molecule is CC(C)(C)OC(=O)N1CCC2(CCC(CN3CCC(n4cc(NC(=O)c5cnn6ccc(N7CC8CCC(C7)O8)nc56)c(C(F)F)n4)CC3)CC2)CC1. The molecule has 4 saturated heterocycles. The maximum absolute atomic E-state index is 14.2. The Morgan fingerprint density at radius 3 is 2.36 bits per heavy atom. The van der Waals surface area contributed by atoms with Crippen LogP contribution in [0.5, 0.6) is 0 Å². The average Bonchev–Trinajstić information content (AvgIpc) is 3.85. The molecule has 1 aliphatic carbocycles. The average molecular weight is 738 g/mol. The first kappa shape index (κ1) is 36.1. The van der Waals surface area contributed by atoms with Gasteiger partial charge in [-0.05, 0) is 102 Å². The molecule has 13 nitrogen and oxygen atoms in total. The van der Waals surface area contributed by atoms with Crippen LogP contribution in [0, 0.1) is 11.3 Å². The number of nitrogens with one attached hydrogen (secondary N) is 1. The van der Waals surface area contributed by atoms with Gasteiger partial charge in [-0.2, -0.15) is 10.2 Å². The number of morpholine rings is 1. The van der Waals surface area contributed by atoms with Gasteiger partial charge in [0, 0.05) is 58.2 Å². The number of alkyl halides is 2. The quantitative estimate of drug-likeness (QED) is 0.297. The van der Waals surface area contributed by atoms with Crippen molar-refractivity contribution in [3.05, 3.63) is 35.9 Å². The van der Waals surface area contributed by atoms with Crippen LogP contribution in [0.15, 0.2) is 24.7 Å². The zero-order valence-electron chi connectivity index (χ0n) is 31.2. The number of aromatic nitrogens is 5. The summed E-state index contributed by atoms with van der Waals surface area (Å²) in [6.45, 7) is 11.6. The van der Waals surface area contributed by atoms with Gasteiger partial charge in [-0.25, -0.2) is 23.1 Å². The Bertz CT molecular complexity index is 1770. The number of anilines is 2. The van der Waals surface area contributed by atoms with Crippen LogP contribution in [0.25, 0.3) is 5.65 Å². The summed E-state index contributed by atoms with van der Waals surface area (Å²) < 4.78 is 43.2. The van der Waals surface area contributed by atoms with Gasteiger partial charge in [0.1, 0.15) is 17.0 Å². The summed E-state index contributed by atoms with van der Waals surface area (Å²) >= 11 is 0. The van der Waals surface area contributed by atoms with E-state index in [1.807, 2.05) is 31.7 Å². The lowest BCUT2D eigenvalue weighted by Gasteiger charge is -2.46. The Kier molecular flexibility index (Phi) is 9.84. The number of hydrogen-bond acceptors (Lipinski definition) is 9. The predicted octanol–water partition coefficient (Wildman–Crippen LogP) is 6.33. The lowest BCUT2D eigenvalue weighted by molar-refractivity contribution is -0.000382. The van der Waals surface area contributed by atoms with Gasteiger partial charge in [0.05, 0.1) is 30.1 Å². The van der Waals surface area contributed by atoms with Crippen molar-refractivity contribution >= 4 is 29.2 Å². The molecule has 15 heteroatoms. The summed E-state index contributed by atoms with van der Waals surface area (Å²) in [6.07, 6.45) is 12.7. The fraction of sp³-hybridized carbons (Fsp3) is 0.711. The van der Waals surface area contributed by atoms with Gasteiger partial charge in [-0.15, -0.1) is 0 Å². The van der Waals surface area contributed by atoms with Gasteiger partial charge >= 0.3 is 6.09 Å². The van der Waals surface area contributed by atoms with E-state index in [-0.39, 0.29) is 35.6 Å². The minimum absolute atomic E-state index is 0.0146. The molecule has 3 aromatic heterocycles. The van der Waals surface area contributed by atoms with Crippen LogP contribution in [0.1, 0.15) is 113 Å². The van der Waals surface area contributed by atoms with Crippen molar-refractivity contribution in [3.8, 4) is 0 Å². The molecule has 2 bridgehead atoms. The maximum Gasteiger partial charge on any atom is 0.410 e. The standard InChI is InChI=1S/C38H53F2N9O4/c1-37(2,3)53-36(51)46-18-13-38(14-19-46)11-6-25(7-12-38)21-45-15-8-26(9-16-45)49-24-30(32(44-49)33(39)40)42-35(50)29-20-41-48-17-10-31(43-34(29)48)47-22-27-4-5-28(23-47)52-27/h10,17,20,24-28,33H,4-9,11-16,18-19,21-23H2,1-3H3,(H,42,50). The molecule has 288 valence electrons. The van der Waals surface area contributed by atoms with E-state index in [0.29, 0.717) is 17.0 Å². The first-order valence-corrected chi connectivity index (χ1v) is 19.5. The molecule has 3 aromatic rings. The number of carbonyl (C=O) groups is 2. The van der Waals surface area contributed by atoms with Crippen LogP contribution in [0.4, 0.5) is 25.1 Å². The Hall–Kier alpha value is -3.85. The first-order chi connectivity index (χ1) is 25.4. The molecule has 8 rings (SSSR count). The lowest BCUT2D eigenvalue weighted by Crippen LogP contribution is -2.47. The zero-order chi connectivity index (χ0) is 36.9. The molecule has 5 fully saturated rings. The topological polar surface area (TPSA) is 122 Å². The normalized spacial score (nSPS) is 24.4. The third kappa shape index (κ3) is 7.87. The third-order valence-corrected chi connectivity index (χ3v) is 12.3. The van der Waals surface area contributed by atoms with E-state index in [1.54, 1.807) is 17.1 Å². The number of nitrogens with zero attached hydrogens (tertiary/aromatic N) is 8. The number of ether oxygens (including phenoxy) is 2. The highest BCUT2D eigenvalue weighted by molar-refractivity contribution is 6.08. The summed E-state index contributed by atoms with van der Waals surface area (Å²) in [5.41, 5.74) is 0.0311. The van der Waals surface area contributed by atoms with E-state index in [9.17, 15) is 18.4 Å². The number of rotatable bonds is 7. The molecule has 4 aliphatic heterocycles. The van der Waals surface area contributed by atoms with E-state index >= 15 is 0 Å². The number of piperidine rings is 2. The van der Waals surface area contributed by atoms with Gasteiger partial charge in [-0.1, -0.05) is 0 Å². The number of fused-ring (bicyclic) bond motifs is 3. The van der Waals surface area contributed by atoms with Gasteiger partial charge in [0.2, 0.25) is 0 Å². The Morgan fingerprint density at radius 1 is 1.00 bits per heavy atom. The second kappa shape index (κ2) is 14.4. The molecule has 7 heterocycles. The van der Waals surface area contributed by atoms with E-state index < -0.39 is 23.6 Å². The van der Waals surface area contributed by atoms with Crippen molar-refractivity contribution in [3.63, 3.8) is 0 Å². The molecule has 0 aromatic carbocycles. The monoisotopic (exact) mass is 737 g/mol. The maximum atomic E-state index is 14.2. The Labute approximate surface area is 309 Å². The molecular formula is C38H53F2N9O4. The molecule has 1 saturated carbocycles. The largest absolute Gasteiger partial charge is 0.444 e. The number of hydrogen-bond donors (Lipinski definition) is 1. The second-order valence-electron chi connectivity index (χ2n) is 17.1. The third-order valence-electron chi connectivity index (χ3n) is 12.3. The van der Waals surface area contributed by atoms with Gasteiger partial charge < -0.3 is 29.5 Å². The fourth-order valence-electron chi connectivity index (χ4n) is 9.23. The molecule has 1 N–H and O–H groups in total. The summed E-state index contributed by atoms with van der Waals surface area (Å²) in [5.74, 6) is 0.836. The van der Waals surface area contributed by atoms with Crippen molar-refractivity contribution in [1.29, 1.82) is 0 Å². The predicted molar refractivity (Wildman–Crippen MR) is 194 cm³/mol. The number of amides is 2. The highest BCUT2D eigenvalue weighted by Crippen LogP contribution is 2.47. The van der Waals surface area contributed by atoms with Gasteiger partial charge in [-0.3, -0.25) is 9.48 Å².